The van der Waals surface area contributed by atoms with E-state index < -0.39 is 64.2 Å². The van der Waals surface area contributed by atoms with Gasteiger partial charge in [-0.15, -0.1) is 0 Å². The first kappa shape index (κ1) is 35.5. The number of carbonyl (C=O) groups is 6. The molecule has 49 heavy (non-hydrogen) atoms. The molecule has 0 aliphatic carbocycles. The quantitative estimate of drug-likeness (QED) is 0.128. The predicted octanol–water partition coefficient (Wildman–Crippen LogP) is 5.54. The predicted molar refractivity (Wildman–Crippen MR) is 167 cm³/mol. The highest BCUT2D eigenvalue weighted by atomic mass is 19.4. The Kier molecular flexibility index (Phi) is 10.6. The minimum absolute atomic E-state index is 0.0138. The van der Waals surface area contributed by atoms with Crippen LogP contribution in [0, 0.1) is 0 Å². The number of Topliss-reactive ketones (excluding diaryl/α,β-unsaturated/α-hetero) is 1. The zero-order valence-electron chi connectivity index (χ0n) is 25.5. The molecule has 4 rings (SSSR count). The molecule has 11 nitrogen and oxygen atoms in total. The lowest BCUT2D eigenvalue weighted by Gasteiger charge is -2.23. The van der Waals surface area contributed by atoms with Gasteiger partial charge in [-0.25, -0.2) is 14.4 Å². The van der Waals surface area contributed by atoms with E-state index in [2.05, 4.69) is 5.32 Å². The minimum atomic E-state index is -5.06. The molecule has 0 fully saturated rings. The van der Waals surface area contributed by atoms with Gasteiger partial charge in [0.25, 0.3) is 11.8 Å². The van der Waals surface area contributed by atoms with Crippen LogP contribution in [-0.2, 0) is 17.8 Å². The highest BCUT2D eigenvalue weighted by molar-refractivity contribution is 6.07. The van der Waals surface area contributed by atoms with Crippen molar-refractivity contribution < 1.29 is 57.3 Å². The number of hydrogen-bond donors (Lipinski definition) is 5. The molecule has 0 aromatic heterocycles. The first-order chi connectivity index (χ1) is 23.0. The lowest BCUT2D eigenvalue weighted by Crippen LogP contribution is -2.38. The summed E-state index contributed by atoms with van der Waals surface area (Å²) in [6.45, 7) is 1.50. The zero-order chi connectivity index (χ0) is 36.0. The van der Waals surface area contributed by atoms with Crippen molar-refractivity contribution in [3.05, 3.63) is 129 Å². The lowest BCUT2D eigenvalue weighted by atomic mass is 9.95. The molecule has 0 aliphatic heterocycles. The van der Waals surface area contributed by atoms with Crippen molar-refractivity contribution in [1.29, 1.82) is 0 Å². The second kappa shape index (κ2) is 14.6. The van der Waals surface area contributed by atoms with Gasteiger partial charge in [0, 0.05) is 13.0 Å². The molecule has 252 valence electrons. The van der Waals surface area contributed by atoms with Crippen molar-refractivity contribution in [1.82, 2.24) is 10.6 Å². The number of benzene rings is 4. The van der Waals surface area contributed by atoms with Gasteiger partial charge in [-0.1, -0.05) is 48.5 Å². The Labute approximate surface area is 276 Å². The largest absolute Gasteiger partial charge is 0.478 e. The summed E-state index contributed by atoms with van der Waals surface area (Å²) in [5.74, 6) is -6.66. The topological polar surface area (TPSA) is 187 Å². The number of amides is 2. The van der Waals surface area contributed by atoms with Crippen molar-refractivity contribution in [3.8, 4) is 11.1 Å². The summed E-state index contributed by atoms with van der Waals surface area (Å²) in [4.78, 5) is 72.6. The van der Waals surface area contributed by atoms with E-state index in [9.17, 15) is 52.2 Å². The molecule has 4 aromatic carbocycles. The summed E-state index contributed by atoms with van der Waals surface area (Å²) in [5, 5.41) is 33.0. The fourth-order valence-corrected chi connectivity index (χ4v) is 4.92. The van der Waals surface area contributed by atoms with Crippen molar-refractivity contribution in [2.24, 2.45) is 0 Å². The van der Waals surface area contributed by atoms with E-state index in [-0.39, 0.29) is 41.0 Å². The summed E-state index contributed by atoms with van der Waals surface area (Å²) in [7, 11) is 0. The van der Waals surface area contributed by atoms with E-state index in [0.717, 1.165) is 48.0 Å². The van der Waals surface area contributed by atoms with Gasteiger partial charge in [-0.3, -0.25) is 14.4 Å². The molecule has 1 atom stereocenters. The third kappa shape index (κ3) is 8.74. The first-order valence-corrected chi connectivity index (χ1v) is 14.4. The van der Waals surface area contributed by atoms with Crippen LogP contribution in [0.25, 0.3) is 11.1 Å². The lowest BCUT2D eigenvalue weighted by molar-refractivity contribution is -0.155. The van der Waals surface area contributed by atoms with Gasteiger partial charge in [0.1, 0.15) is 5.78 Å². The minimum Gasteiger partial charge on any atom is -0.478 e. The smallest absolute Gasteiger partial charge is 0.412 e. The van der Waals surface area contributed by atoms with E-state index in [1.807, 2.05) is 0 Å². The number of ketones is 1. The summed E-state index contributed by atoms with van der Waals surface area (Å²) < 4.78 is 42.1. The average Bonchev–Trinajstić information content (AvgIpc) is 3.05. The van der Waals surface area contributed by atoms with Crippen LogP contribution in [0.5, 0.6) is 0 Å². The Morgan fingerprint density at radius 3 is 1.67 bits per heavy atom. The van der Waals surface area contributed by atoms with Crippen LogP contribution in [0.4, 0.5) is 13.2 Å². The van der Waals surface area contributed by atoms with E-state index in [1.54, 1.807) is 29.6 Å². The SMILES string of the molecule is CC(=O)Cc1ccc(CNC(=O)c2ccc(-c3ccc(C(=O)O)c(C(=O)NC(c4ccc(C(=O)O)cc4)C(F)(F)F)c3)cc2C(=O)O)cc1. The summed E-state index contributed by atoms with van der Waals surface area (Å²) in [5.41, 5.74) is -1.14. The number of halogens is 3. The Morgan fingerprint density at radius 2 is 1.16 bits per heavy atom. The van der Waals surface area contributed by atoms with Gasteiger partial charge >= 0.3 is 24.1 Å². The molecule has 0 spiro atoms. The molecule has 0 heterocycles. The van der Waals surface area contributed by atoms with Crippen molar-refractivity contribution in [2.45, 2.75) is 32.1 Å². The highest BCUT2D eigenvalue weighted by Crippen LogP contribution is 2.34. The molecular formula is C35H27F3N2O9. The fourth-order valence-electron chi connectivity index (χ4n) is 4.92. The van der Waals surface area contributed by atoms with E-state index >= 15 is 0 Å². The molecule has 4 aromatic rings. The molecule has 2 amide bonds. The van der Waals surface area contributed by atoms with E-state index in [1.165, 1.54) is 25.1 Å². The molecule has 0 radical (unpaired) electrons. The van der Waals surface area contributed by atoms with Gasteiger partial charge < -0.3 is 26.0 Å². The van der Waals surface area contributed by atoms with Gasteiger partial charge in [-0.05, 0) is 71.1 Å². The van der Waals surface area contributed by atoms with Crippen LogP contribution >= 0.6 is 0 Å². The maximum absolute atomic E-state index is 14.0. The number of carbonyl (C=O) groups excluding carboxylic acids is 3. The Hall–Kier alpha value is -6.31. The number of alkyl halides is 3. The Morgan fingerprint density at radius 1 is 0.633 bits per heavy atom. The molecule has 1 unspecified atom stereocenters. The van der Waals surface area contributed by atoms with E-state index in [0.29, 0.717) is 5.56 Å². The number of aromatic carboxylic acids is 3. The maximum atomic E-state index is 14.0. The van der Waals surface area contributed by atoms with Gasteiger partial charge in [0.05, 0.1) is 27.8 Å². The van der Waals surface area contributed by atoms with Gasteiger partial charge in [-0.2, -0.15) is 13.2 Å². The monoisotopic (exact) mass is 676 g/mol. The average molecular weight is 677 g/mol. The third-order valence-electron chi connectivity index (χ3n) is 7.35. The number of rotatable bonds is 12. The second-order valence-electron chi connectivity index (χ2n) is 10.9. The van der Waals surface area contributed by atoms with E-state index in [4.69, 9.17) is 5.11 Å². The highest BCUT2D eigenvalue weighted by Gasteiger charge is 2.42. The van der Waals surface area contributed by atoms with Crippen molar-refractivity contribution in [2.75, 3.05) is 0 Å². The number of hydrogen-bond acceptors (Lipinski definition) is 6. The second-order valence-corrected chi connectivity index (χ2v) is 10.9. The van der Waals surface area contributed by atoms with Gasteiger partial charge in [0.15, 0.2) is 6.04 Å². The molecule has 0 aliphatic rings. The first-order valence-electron chi connectivity index (χ1n) is 14.4. The molecule has 5 N–H and O–H groups in total. The standard InChI is InChI=1S/C35H27F3N2O9/c1-18(41)14-19-2-4-20(5-3-19)17-39-30(42)25-12-10-24(16-28(25)34(48)49)23-11-13-26(33(46)47)27(15-23)31(43)40-29(35(36,37)38)21-6-8-22(9-7-21)32(44)45/h2-13,15-16,29H,14,17H2,1H3,(H,39,42)(H,40,43)(H,44,45)(H,46,47)(H,48,49). The summed E-state index contributed by atoms with van der Waals surface area (Å²) in [6, 6.07) is 14.6. The number of carboxylic acids is 3. The van der Waals surface area contributed by atoms with Crippen LogP contribution in [0.15, 0.2) is 84.9 Å². The zero-order valence-corrected chi connectivity index (χ0v) is 25.5. The van der Waals surface area contributed by atoms with Crippen LogP contribution in [0.1, 0.15) is 81.4 Å². The summed E-state index contributed by atoms with van der Waals surface area (Å²) in [6.07, 6.45) is -4.81. The molecular weight excluding hydrogens is 649 g/mol. The van der Waals surface area contributed by atoms with Crippen molar-refractivity contribution >= 4 is 35.5 Å². The Bertz CT molecular complexity index is 1950. The van der Waals surface area contributed by atoms with Crippen LogP contribution in [-0.4, -0.2) is 57.0 Å². The summed E-state index contributed by atoms with van der Waals surface area (Å²) >= 11 is 0. The Balaban J connectivity index is 1.62. The van der Waals surface area contributed by atoms with Gasteiger partial charge in [0.2, 0.25) is 0 Å². The molecule has 14 heteroatoms. The maximum Gasteiger partial charge on any atom is 0.412 e. The normalized spacial score (nSPS) is 11.7. The van der Waals surface area contributed by atoms with Crippen molar-refractivity contribution in [3.63, 3.8) is 0 Å². The van der Waals surface area contributed by atoms with Crippen LogP contribution < -0.4 is 10.6 Å². The number of nitrogens with one attached hydrogen (secondary N) is 2. The van der Waals surface area contributed by atoms with Crippen LogP contribution in [0.3, 0.4) is 0 Å². The molecule has 0 saturated heterocycles. The molecule has 0 saturated carbocycles. The third-order valence-corrected chi connectivity index (χ3v) is 7.35. The van der Waals surface area contributed by atoms with Crippen LogP contribution in [0.2, 0.25) is 0 Å². The molecule has 0 bridgehead atoms. The number of carboxylic acid groups (broad SMARTS) is 3. The fraction of sp³-hybridized carbons (Fsp3) is 0.143.